The number of hydrogen-bond donors (Lipinski definition) is 1. The van der Waals surface area contributed by atoms with Crippen LogP contribution in [0.1, 0.15) is 25.5 Å². The number of aromatic nitrogens is 1. The zero-order chi connectivity index (χ0) is 15.6. The third kappa shape index (κ3) is 3.75. The van der Waals surface area contributed by atoms with Gasteiger partial charge in [0.05, 0.1) is 12.8 Å². The molecule has 0 fully saturated rings. The van der Waals surface area contributed by atoms with Crippen LogP contribution in [-0.4, -0.2) is 20.5 Å². The van der Waals surface area contributed by atoms with Gasteiger partial charge < -0.3 is 4.74 Å². The van der Waals surface area contributed by atoms with E-state index < -0.39 is 10.0 Å². The Morgan fingerprint density at radius 3 is 2.67 bits per heavy atom. The summed E-state index contributed by atoms with van der Waals surface area (Å²) in [6.45, 7) is 4.01. The number of nitrogens with zero attached hydrogens (tertiary/aromatic N) is 1. The number of rotatable bonds is 5. The van der Waals surface area contributed by atoms with Crippen molar-refractivity contribution in [2.24, 2.45) is 0 Å². The number of methoxy groups -OCH3 is 1. The lowest BCUT2D eigenvalue weighted by Gasteiger charge is -2.10. The van der Waals surface area contributed by atoms with Crippen molar-refractivity contribution in [3.05, 3.63) is 33.7 Å². The zero-order valence-electron chi connectivity index (χ0n) is 11.8. The van der Waals surface area contributed by atoms with E-state index in [1.807, 2.05) is 19.2 Å². The first-order valence-electron chi connectivity index (χ1n) is 6.15. The Balaban J connectivity index is 2.35. The fourth-order valence-corrected chi connectivity index (χ4v) is 4.46. The van der Waals surface area contributed by atoms with Crippen LogP contribution in [0.25, 0.3) is 0 Å². The van der Waals surface area contributed by atoms with Crippen molar-refractivity contribution in [2.45, 2.75) is 24.7 Å². The summed E-state index contributed by atoms with van der Waals surface area (Å²) in [6, 6.07) is 4.82. The molecular weight excluding hydrogens is 376 g/mol. The van der Waals surface area contributed by atoms with Gasteiger partial charge in [0, 0.05) is 9.85 Å². The van der Waals surface area contributed by atoms with Gasteiger partial charge in [0.15, 0.2) is 5.13 Å². The molecule has 0 spiro atoms. The molecule has 1 aromatic heterocycles. The van der Waals surface area contributed by atoms with Crippen LogP contribution in [0.2, 0.25) is 0 Å². The first-order valence-corrected chi connectivity index (χ1v) is 9.31. The standard InChI is InChI=1S/C13H15BrN2O3S2/c1-8(2)10-7-20-13(15-10)16-21(17,18)12-6-9(14)4-5-11(12)19-3/h4-8H,1-3H3,(H,15,16). The molecular formula is C13H15BrN2O3S2. The number of hydrogen-bond acceptors (Lipinski definition) is 5. The van der Waals surface area contributed by atoms with Gasteiger partial charge in [-0.15, -0.1) is 11.3 Å². The molecule has 5 nitrogen and oxygen atoms in total. The van der Waals surface area contributed by atoms with E-state index in [-0.39, 0.29) is 16.6 Å². The Morgan fingerprint density at radius 1 is 1.38 bits per heavy atom. The maximum atomic E-state index is 12.5. The second kappa shape index (κ2) is 6.33. The smallest absolute Gasteiger partial charge is 0.267 e. The molecule has 0 saturated carbocycles. The Morgan fingerprint density at radius 2 is 2.10 bits per heavy atom. The van der Waals surface area contributed by atoms with Crippen molar-refractivity contribution >= 4 is 42.4 Å². The number of thiazole rings is 1. The molecule has 2 aromatic rings. The average Bonchev–Trinajstić information content (AvgIpc) is 2.86. The van der Waals surface area contributed by atoms with E-state index in [1.54, 1.807) is 12.1 Å². The number of sulfonamides is 1. The predicted octanol–water partition coefficient (Wildman–Crippen LogP) is 3.84. The molecule has 0 aliphatic heterocycles. The maximum Gasteiger partial charge on any atom is 0.267 e. The monoisotopic (exact) mass is 390 g/mol. The van der Waals surface area contributed by atoms with Crippen LogP contribution in [-0.2, 0) is 10.0 Å². The average molecular weight is 391 g/mol. The highest BCUT2D eigenvalue weighted by Gasteiger charge is 2.21. The highest BCUT2D eigenvalue weighted by Crippen LogP contribution is 2.30. The quantitative estimate of drug-likeness (QED) is 0.841. The SMILES string of the molecule is COc1ccc(Br)cc1S(=O)(=O)Nc1nc(C(C)C)cs1. The second-order valence-electron chi connectivity index (χ2n) is 4.63. The lowest BCUT2D eigenvalue weighted by Crippen LogP contribution is -2.14. The third-order valence-electron chi connectivity index (χ3n) is 2.75. The summed E-state index contributed by atoms with van der Waals surface area (Å²) < 4.78 is 33.2. The van der Waals surface area contributed by atoms with E-state index in [4.69, 9.17) is 4.74 Å². The number of nitrogens with one attached hydrogen (secondary N) is 1. The molecule has 0 saturated heterocycles. The molecule has 0 radical (unpaired) electrons. The molecule has 8 heteroatoms. The first-order chi connectivity index (χ1) is 9.83. The van der Waals surface area contributed by atoms with Gasteiger partial charge in [-0.1, -0.05) is 29.8 Å². The molecule has 0 bridgehead atoms. The Labute approximate surface area is 136 Å². The summed E-state index contributed by atoms with van der Waals surface area (Å²) in [5.41, 5.74) is 0.860. The van der Waals surface area contributed by atoms with Crippen LogP contribution in [0.15, 0.2) is 32.9 Å². The molecule has 0 aliphatic carbocycles. The minimum absolute atomic E-state index is 0.0701. The van der Waals surface area contributed by atoms with E-state index in [0.717, 1.165) is 5.69 Å². The van der Waals surface area contributed by atoms with Gasteiger partial charge in [0.25, 0.3) is 10.0 Å². The van der Waals surface area contributed by atoms with Crippen molar-refractivity contribution in [1.29, 1.82) is 0 Å². The number of anilines is 1. The molecule has 0 unspecified atom stereocenters. The normalized spacial score (nSPS) is 11.7. The summed E-state index contributed by atoms with van der Waals surface area (Å²) in [7, 11) is -2.31. The van der Waals surface area contributed by atoms with Gasteiger partial charge in [0.1, 0.15) is 10.6 Å². The molecule has 1 aromatic carbocycles. The predicted molar refractivity (Wildman–Crippen MR) is 87.7 cm³/mol. The van der Waals surface area contributed by atoms with E-state index in [0.29, 0.717) is 9.60 Å². The first kappa shape index (κ1) is 16.3. The van der Waals surface area contributed by atoms with E-state index in [1.165, 1.54) is 24.5 Å². The molecule has 2 rings (SSSR count). The molecule has 0 amide bonds. The second-order valence-corrected chi connectivity index (χ2v) is 8.06. The van der Waals surface area contributed by atoms with Crippen molar-refractivity contribution in [3.63, 3.8) is 0 Å². The number of ether oxygens (including phenoxy) is 1. The fraction of sp³-hybridized carbons (Fsp3) is 0.308. The minimum Gasteiger partial charge on any atom is -0.495 e. The molecule has 21 heavy (non-hydrogen) atoms. The third-order valence-corrected chi connectivity index (χ3v) is 5.51. The largest absolute Gasteiger partial charge is 0.495 e. The van der Waals surface area contributed by atoms with Crippen LogP contribution in [0.4, 0.5) is 5.13 Å². The van der Waals surface area contributed by atoms with E-state index in [9.17, 15) is 8.42 Å². The summed E-state index contributed by atoms with van der Waals surface area (Å²) >= 11 is 4.53. The van der Waals surface area contributed by atoms with Crippen LogP contribution in [0.5, 0.6) is 5.75 Å². The Bertz CT molecular complexity index is 742. The Hall–Kier alpha value is -1.12. The van der Waals surface area contributed by atoms with Gasteiger partial charge >= 0.3 is 0 Å². The molecule has 0 atom stereocenters. The van der Waals surface area contributed by atoms with Crippen LogP contribution < -0.4 is 9.46 Å². The van der Waals surface area contributed by atoms with Crippen molar-refractivity contribution in [3.8, 4) is 5.75 Å². The summed E-state index contributed by atoms with van der Waals surface area (Å²) in [5.74, 6) is 0.534. The van der Waals surface area contributed by atoms with Gasteiger partial charge in [-0.25, -0.2) is 13.4 Å². The minimum atomic E-state index is -3.75. The number of benzene rings is 1. The van der Waals surface area contributed by atoms with Gasteiger partial charge in [-0.3, -0.25) is 4.72 Å². The van der Waals surface area contributed by atoms with Gasteiger partial charge in [0.2, 0.25) is 0 Å². The van der Waals surface area contributed by atoms with Crippen LogP contribution >= 0.6 is 27.3 Å². The van der Waals surface area contributed by atoms with Crippen molar-refractivity contribution < 1.29 is 13.2 Å². The molecule has 114 valence electrons. The van der Waals surface area contributed by atoms with Crippen LogP contribution in [0, 0.1) is 0 Å². The number of halogens is 1. The van der Waals surface area contributed by atoms with Crippen molar-refractivity contribution in [2.75, 3.05) is 11.8 Å². The lowest BCUT2D eigenvalue weighted by atomic mass is 10.2. The summed E-state index contributed by atoms with van der Waals surface area (Å²) in [4.78, 5) is 4.34. The van der Waals surface area contributed by atoms with E-state index in [2.05, 4.69) is 25.6 Å². The topological polar surface area (TPSA) is 68.3 Å². The van der Waals surface area contributed by atoms with Crippen LogP contribution in [0.3, 0.4) is 0 Å². The molecule has 0 aliphatic rings. The van der Waals surface area contributed by atoms with E-state index >= 15 is 0 Å². The highest BCUT2D eigenvalue weighted by atomic mass is 79.9. The fourth-order valence-electron chi connectivity index (χ4n) is 1.63. The molecule has 1 N–H and O–H groups in total. The lowest BCUT2D eigenvalue weighted by molar-refractivity contribution is 0.403. The molecule has 1 heterocycles. The highest BCUT2D eigenvalue weighted by molar-refractivity contribution is 9.10. The summed E-state index contributed by atoms with van der Waals surface area (Å²) in [6.07, 6.45) is 0. The van der Waals surface area contributed by atoms with Gasteiger partial charge in [-0.2, -0.15) is 0 Å². The maximum absolute atomic E-state index is 12.5. The van der Waals surface area contributed by atoms with Crippen molar-refractivity contribution in [1.82, 2.24) is 4.98 Å². The van der Waals surface area contributed by atoms with Gasteiger partial charge in [-0.05, 0) is 24.1 Å². The Kier molecular flexibility index (Phi) is 4.90. The zero-order valence-corrected chi connectivity index (χ0v) is 15.0. The summed E-state index contributed by atoms with van der Waals surface area (Å²) in [5, 5.41) is 2.20.